The molecule has 19 heavy (non-hydrogen) atoms. The molecule has 0 saturated heterocycles. The quantitative estimate of drug-likeness (QED) is 0.832. The van der Waals surface area contributed by atoms with Gasteiger partial charge in [-0.2, -0.15) is 0 Å². The van der Waals surface area contributed by atoms with Crippen LogP contribution in [0.15, 0.2) is 4.60 Å². The monoisotopic (exact) mass is 354 g/mol. The van der Waals surface area contributed by atoms with E-state index < -0.39 is 17.7 Å². The molecule has 0 radical (unpaired) electrons. The van der Waals surface area contributed by atoms with Crippen LogP contribution in [0.1, 0.15) is 39.4 Å². The molecule has 0 aliphatic heterocycles. The fourth-order valence-electron chi connectivity index (χ4n) is 1.24. The topological polar surface area (TPSA) is 60.2 Å². The van der Waals surface area contributed by atoms with E-state index in [2.05, 4.69) is 26.1 Å². The molecule has 9 heteroatoms. The number of amides is 1. The summed E-state index contributed by atoms with van der Waals surface area (Å²) in [5.41, 5.74) is -0.118. The molecule has 1 heterocycles. The van der Waals surface area contributed by atoms with Crippen molar-refractivity contribution in [1.29, 1.82) is 0 Å². The molecule has 1 rings (SSSR count). The van der Waals surface area contributed by atoms with Crippen LogP contribution in [0, 0.1) is 0 Å². The number of hydrogen-bond donors (Lipinski definition) is 0. The van der Waals surface area contributed by atoms with Crippen LogP contribution in [-0.2, 0) is 4.74 Å². The summed E-state index contributed by atoms with van der Waals surface area (Å²) in [5, 5.41) is 7.72. The van der Waals surface area contributed by atoms with E-state index in [1.165, 1.54) is 4.90 Å². The number of carbonyl (C=O) groups is 1. The molecule has 0 aliphatic carbocycles. The van der Waals surface area contributed by atoms with Crippen molar-refractivity contribution in [2.24, 2.45) is 0 Å². The van der Waals surface area contributed by atoms with Crippen molar-refractivity contribution >= 4 is 34.4 Å². The van der Waals surface area contributed by atoms with Gasteiger partial charge in [0, 0.05) is 7.05 Å². The average molecular weight is 355 g/mol. The first kappa shape index (κ1) is 16.2. The van der Waals surface area contributed by atoms with E-state index in [1.54, 1.807) is 34.7 Å². The Morgan fingerprint density at radius 1 is 1.53 bits per heavy atom. The van der Waals surface area contributed by atoms with Gasteiger partial charge in [0.1, 0.15) is 11.3 Å². The number of hydrogen-bond acceptors (Lipinski definition) is 5. The van der Waals surface area contributed by atoms with Gasteiger partial charge < -0.3 is 9.64 Å². The minimum Gasteiger partial charge on any atom is -0.444 e. The molecular weight excluding hydrogens is 339 g/mol. The Labute approximate surface area is 124 Å². The first-order valence-corrected chi connectivity index (χ1v) is 7.00. The summed E-state index contributed by atoms with van der Waals surface area (Å²) in [7, 11) is 1.59. The lowest BCUT2D eigenvalue weighted by molar-refractivity contribution is 0.0230. The number of aromatic nitrogens is 3. The zero-order valence-corrected chi connectivity index (χ0v) is 13.7. The van der Waals surface area contributed by atoms with Crippen molar-refractivity contribution < 1.29 is 13.4 Å². The molecule has 0 saturated carbocycles. The normalized spacial score (nSPS) is 13.2. The molecule has 1 aromatic heterocycles. The zero-order valence-electron chi connectivity index (χ0n) is 11.3. The number of carbonyl (C=O) groups excluding carboxylic acids is 1. The number of rotatable bonds is 3. The summed E-state index contributed by atoms with van der Waals surface area (Å²) in [6, 6.07) is -0.398. The smallest absolute Gasteiger partial charge is 0.410 e. The van der Waals surface area contributed by atoms with Crippen molar-refractivity contribution in [2.75, 3.05) is 7.05 Å². The molecular formula is C10H16BrFN4O2S. The van der Waals surface area contributed by atoms with Gasteiger partial charge >= 0.3 is 6.09 Å². The van der Waals surface area contributed by atoms with Gasteiger partial charge in [0.2, 0.25) is 12.3 Å². The number of halogens is 2. The van der Waals surface area contributed by atoms with Crippen molar-refractivity contribution in [2.45, 2.75) is 39.3 Å². The lowest BCUT2D eigenvalue weighted by Crippen LogP contribution is -2.36. The van der Waals surface area contributed by atoms with Crippen LogP contribution >= 0.6 is 28.3 Å². The van der Waals surface area contributed by atoms with E-state index in [4.69, 9.17) is 4.74 Å². The summed E-state index contributed by atoms with van der Waals surface area (Å²) in [4.78, 5) is 13.3. The Hall–Kier alpha value is -0.830. The van der Waals surface area contributed by atoms with E-state index in [0.717, 1.165) is 4.20 Å². The van der Waals surface area contributed by atoms with Gasteiger partial charge in [-0.3, -0.25) is 0 Å². The lowest BCUT2D eigenvalue weighted by atomic mass is 10.2. The second-order valence-electron chi connectivity index (χ2n) is 4.97. The number of nitrogens with zero attached hydrogens (tertiary/aromatic N) is 4. The van der Waals surface area contributed by atoms with Crippen molar-refractivity contribution in [3.63, 3.8) is 0 Å². The fraction of sp³-hybridized carbons (Fsp3) is 0.700. The molecule has 1 unspecified atom stereocenters. The summed E-state index contributed by atoms with van der Waals surface area (Å²) >= 11 is 3.07. The van der Waals surface area contributed by atoms with Gasteiger partial charge in [0.25, 0.3) is 0 Å². The van der Waals surface area contributed by atoms with Crippen LogP contribution in [0.3, 0.4) is 0 Å². The van der Waals surface area contributed by atoms with E-state index in [1.807, 2.05) is 0 Å². The maximum absolute atomic E-state index is 12.4. The van der Waals surface area contributed by atoms with Gasteiger partial charge in [0.05, 0.1) is 6.04 Å². The van der Waals surface area contributed by atoms with Gasteiger partial charge in [-0.15, -0.1) is 14.1 Å². The molecule has 0 fully saturated rings. The van der Waals surface area contributed by atoms with E-state index >= 15 is 0 Å². The second kappa shape index (κ2) is 6.08. The molecule has 6 nitrogen and oxygen atoms in total. The van der Waals surface area contributed by atoms with Crippen LogP contribution in [0.4, 0.5) is 8.68 Å². The first-order chi connectivity index (χ1) is 8.65. The third-order valence-corrected chi connectivity index (χ3v) is 3.15. The molecule has 0 N–H and O–H groups in total. The Balaban J connectivity index is 2.84. The van der Waals surface area contributed by atoms with Gasteiger partial charge in [-0.05, 0) is 43.6 Å². The molecule has 1 atom stereocenters. The minimum absolute atomic E-state index is 0.119. The molecule has 1 aromatic rings. The molecule has 0 aliphatic rings. The molecule has 0 aromatic carbocycles. The highest BCUT2D eigenvalue weighted by Crippen LogP contribution is 2.26. The Kier molecular flexibility index (Phi) is 5.19. The van der Waals surface area contributed by atoms with Crippen molar-refractivity contribution in [3.05, 3.63) is 10.3 Å². The van der Waals surface area contributed by atoms with Crippen LogP contribution in [-0.4, -0.2) is 38.0 Å². The van der Waals surface area contributed by atoms with Crippen LogP contribution in [0.2, 0.25) is 0 Å². The maximum atomic E-state index is 12.4. The highest BCUT2D eigenvalue weighted by molar-refractivity contribution is 9.10. The van der Waals surface area contributed by atoms with E-state index in [-0.39, 0.29) is 12.3 Å². The summed E-state index contributed by atoms with van der Waals surface area (Å²) in [5.74, 6) is 0. The minimum atomic E-state index is -0.575. The van der Waals surface area contributed by atoms with Crippen LogP contribution < -0.4 is 0 Å². The van der Waals surface area contributed by atoms with Crippen LogP contribution in [0.5, 0.6) is 0 Å². The zero-order chi connectivity index (χ0) is 14.8. The Morgan fingerprint density at radius 3 is 2.53 bits per heavy atom. The second-order valence-corrected chi connectivity index (χ2v) is 6.18. The highest BCUT2D eigenvalue weighted by Gasteiger charge is 2.27. The predicted molar refractivity (Wildman–Crippen MR) is 74.2 cm³/mol. The standard InChI is InChI=1S/C10H16BrFN4O2S/c1-6(7-8(11)14-16(13-7)19-12)15(5)9(17)18-10(2,3)4/h6H,1-5H3. The van der Waals surface area contributed by atoms with E-state index in [0.29, 0.717) is 10.3 Å². The highest BCUT2D eigenvalue weighted by atomic mass is 79.9. The molecule has 0 spiro atoms. The molecule has 1 amide bonds. The largest absolute Gasteiger partial charge is 0.444 e. The van der Waals surface area contributed by atoms with Gasteiger partial charge in [-0.1, -0.05) is 4.20 Å². The van der Waals surface area contributed by atoms with Crippen LogP contribution in [0.25, 0.3) is 0 Å². The first-order valence-electron chi connectivity index (χ1n) is 5.53. The lowest BCUT2D eigenvalue weighted by Gasteiger charge is -2.27. The number of ether oxygens (including phenoxy) is 1. The maximum Gasteiger partial charge on any atom is 0.410 e. The Bertz CT molecular complexity index is 463. The third-order valence-electron chi connectivity index (χ3n) is 2.30. The predicted octanol–water partition coefficient (Wildman–Crippen LogP) is 3.35. The van der Waals surface area contributed by atoms with Crippen molar-refractivity contribution in [3.8, 4) is 0 Å². The summed E-state index contributed by atoms with van der Waals surface area (Å²) < 4.78 is 18.9. The SMILES string of the molecule is CC(c1nn(SF)nc1Br)N(C)C(=O)OC(C)(C)C. The van der Waals surface area contributed by atoms with Gasteiger partial charge in [-0.25, -0.2) is 4.79 Å². The summed E-state index contributed by atoms with van der Waals surface area (Å²) in [6.45, 7) is 7.12. The van der Waals surface area contributed by atoms with Gasteiger partial charge in [0.15, 0.2) is 4.60 Å². The average Bonchev–Trinajstić information content (AvgIpc) is 2.66. The third kappa shape index (κ3) is 4.34. The molecule has 108 valence electrons. The van der Waals surface area contributed by atoms with E-state index in [9.17, 15) is 8.68 Å². The fourth-order valence-corrected chi connectivity index (χ4v) is 2.14. The summed E-state index contributed by atoms with van der Waals surface area (Å²) in [6.07, 6.45) is -0.477. The Morgan fingerprint density at radius 2 is 2.11 bits per heavy atom. The molecule has 0 bridgehead atoms. The van der Waals surface area contributed by atoms with Crippen molar-refractivity contribution in [1.82, 2.24) is 19.3 Å².